The molecule has 2 aromatic carbocycles. The quantitative estimate of drug-likeness (QED) is 0.636. The minimum atomic E-state index is 0.579. The molecule has 0 radical (unpaired) electrons. The fourth-order valence-electron chi connectivity index (χ4n) is 2.82. The molecule has 0 nitrogen and oxygen atoms in total. The molecule has 94 valence electrons. The van der Waals surface area contributed by atoms with Gasteiger partial charge in [-0.15, -0.1) is 0 Å². The summed E-state index contributed by atoms with van der Waals surface area (Å²) in [6.45, 7) is 2.27. The van der Waals surface area contributed by atoms with Gasteiger partial charge < -0.3 is 0 Å². The van der Waals surface area contributed by atoms with Crippen molar-refractivity contribution < 1.29 is 0 Å². The van der Waals surface area contributed by atoms with Gasteiger partial charge in [0.2, 0.25) is 0 Å². The van der Waals surface area contributed by atoms with Gasteiger partial charge in [0.1, 0.15) is 0 Å². The average Bonchev–Trinajstić information content (AvgIpc) is 2.49. The Bertz CT molecular complexity index is 464. The van der Waals surface area contributed by atoms with Crippen LogP contribution in [0.1, 0.15) is 47.8 Å². The Morgan fingerprint density at radius 3 is 1.89 bits per heavy atom. The van der Waals surface area contributed by atoms with E-state index in [-0.39, 0.29) is 0 Å². The number of benzene rings is 2. The summed E-state index contributed by atoms with van der Waals surface area (Å²) in [5.74, 6) is 0.628. The second-order valence-corrected chi connectivity index (χ2v) is 5.36. The summed E-state index contributed by atoms with van der Waals surface area (Å²) in [5, 5.41) is 0. The van der Waals surface area contributed by atoms with Crippen LogP contribution in [0.25, 0.3) is 0 Å². The monoisotopic (exact) mass is 244 g/mol. The summed E-state index contributed by atoms with van der Waals surface area (Å²) in [4.78, 5) is 0. The molecule has 0 fully saturated rings. The van der Waals surface area contributed by atoms with Crippen molar-refractivity contribution in [2.75, 3.05) is 0 Å². The van der Waals surface area contributed by atoms with Crippen LogP contribution in [0, 0.1) is 0 Å². The van der Waals surface area contributed by atoms with E-state index in [2.05, 4.69) is 85.3 Å². The SMILES string of the molecule is [Li][CH](c1ccccc1)C(CCCC)c1ccccc1. The first-order valence-corrected chi connectivity index (χ1v) is 7.42. The molecule has 2 unspecified atom stereocenters. The van der Waals surface area contributed by atoms with E-state index in [1.807, 2.05) is 0 Å². The van der Waals surface area contributed by atoms with Crippen molar-refractivity contribution >= 4 is 17.7 Å². The van der Waals surface area contributed by atoms with Gasteiger partial charge in [0.25, 0.3) is 0 Å². The van der Waals surface area contributed by atoms with Gasteiger partial charge in [0.15, 0.2) is 0 Å². The third-order valence-electron chi connectivity index (χ3n) is 4.03. The zero-order valence-electron chi connectivity index (χ0n) is 12.0. The van der Waals surface area contributed by atoms with Crippen LogP contribution in [-0.2, 0) is 0 Å². The standard InChI is InChI=1S/C18H21.Li/c1-2-3-12-18(17-13-8-5-9-14-17)15-16-10-6-4-7-11-16;/h4-11,13-15,18H,2-3,12H2,1H3;. The molecule has 19 heavy (non-hydrogen) atoms. The van der Waals surface area contributed by atoms with Gasteiger partial charge in [-0.3, -0.25) is 0 Å². The van der Waals surface area contributed by atoms with Crippen LogP contribution in [0.15, 0.2) is 60.7 Å². The molecule has 0 aliphatic carbocycles. The molecular weight excluding hydrogens is 223 g/mol. The molecule has 0 heterocycles. The molecule has 0 aliphatic heterocycles. The van der Waals surface area contributed by atoms with E-state index < -0.39 is 0 Å². The molecule has 2 atom stereocenters. The molecule has 0 aliphatic rings. The van der Waals surface area contributed by atoms with E-state index in [0.29, 0.717) is 10.5 Å². The first-order valence-electron chi connectivity index (χ1n) is 7.42. The summed E-state index contributed by atoms with van der Waals surface area (Å²) >= 11 is 2.36. The van der Waals surface area contributed by atoms with E-state index in [1.165, 1.54) is 30.4 Å². The van der Waals surface area contributed by atoms with Crippen LogP contribution < -0.4 is 0 Å². The maximum absolute atomic E-state index is 2.36. The van der Waals surface area contributed by atoms with Crippen molar-refractivity contribution in [3.63, 3.8) is 0 Å². The second-order valence-electron chi connectivity index (χ2n) is 5.36. The number of rotatable bonds is 6. The minimum absolute atomic E-state index is 0.579. The van der Waals surface area contributed by atoms with Gasteiger partial charge in [0, 0.05) is 0 Å². The second kappa shape index (κ2) is 7.58. The Hall–Kier alpha value is -0.963. The van der Waals surface area contributed by atoms with E-state index in [9.17, 15) is 0 Å². The Morgan fingerprint density at radius 1 is 0.842 bits per heavy atom. The van der Waals surface area contributed by atoms with Crippen LogP contribution in [0.4, 0.5) is 0 Å². The molecule has 1 heteroatoms. The molecule has 2 rings (SSSR count). The van der Waals surface area contributed by atoms with E-state index >= 15 is 0 Å². The van der Waals surface area contributed by atoms with E-state index in [1.54, 1.807) is 0 Å². The molecule has 0 saturated heterocycles. The van der Waals surface area contributed by atoms with Crippen LogP contribution in [0.3, 0.4) is 0 Å². The van der Waals surface area contributed by atoms with Gasteiger partial charge >= 0.3 is 126 Å². The van der Waals surface area contributed by atoms with Crippen molar-refractivity contribution in [1.82, 2.24) is 0 Å². The topological polar surface area (TPSA) is 0 Å². The van der Waals surface area contributed by atoms with Gasteiger partial charge in [-0.2, -0.15) is 0 Å². The number of hydrogen-bond acceptors (Lipinski definition) is 0. The Kier molecular flexibility index (Phi) is 5.77. The van der Waals surface area contributed by atoms with Crippen molar-refractivity contribution in [2.45, 2.75) is 36.7 Å². The zero-order valence-corrected chi connectivity index (χ0v) is 12.0. The predicted molar refractivity (Wildman–Crippen MR) is 83.6 cm³/mol. The third kappa shape index (κ3) is 4.00. The fourth-order valence-corrected chi connectivity index (χ4v) is 2.82. The predicted octanol–water partition coefficient (Wildman–Crippen LogP) is 4.87. The van der Waals surface area contributed by atoms with E-state index in [0.717, 1.165) is 0 Å². The van der Waals surface area contributed by atoms with Gasteiger partial charge in [-0.05, 0) is 0 Å². The first-order chi connectivity index (χ1) is 9.33. The van der Waals surface area contributed by atoms with Crippen LogP contribution in [-0.4, -0.2) is 17.7 Å². The van der Waals surface area contributed by atoms with Crippen molar-refractivity contribution in [3.05, 3.63) is 71.8 Å². The van der Waals surface area contributed by atoms with E-state index in [4.69, 9.17) is 0 Å². The molecule has 0 saturated carbocycles. The number of unbranched alkanes of at least 4 members (excludes halogenated alkanes) is 1. The van der Waals surface area contributed by atoms with Crippen LogP contribution >= 0.6 is 0 Å². The average molecular weight is 244 g/mol. The first kappa shape index (κ1) is 14.4. The summed E-state index contributed by atoms with van der Waals surface area (Å²) in [6, 6.07) is 21.9. The van der Waals surface area contributed by atoms with Gasteiger partial charge in [-0.25, -0.2) is 0 Å². The maximum atomic E-state index is 2.36. The molecule has 0 bridgehead atoms. The summed E-state index contributed by atoms with van der Waals surface area (Å²) in [6.07, 6.45) is 3.85. The summed E-state index contributed by atoms with van der Waals surface area (Å²) in [5.41, 5.74) is 2.93. The molecule has 0 spiro atoms. The molecular formula is C18H21Li. The normalized spacial score (nSPS) is 14.1. The molecule has 2 aromatic rings. The zero-order chi connectivity index (χ0) is 13.5. The molecule has 0 N–H and O–H groups in total. The summed E-state index contributed by atoms with van der Waals surface area (Å²) in [7, 11) is 0. The van der Waals surface area contributed by atoms with Crippen LogP contribution in [0.5, 0.6) is 0 Å². The van der Waals surface area contributed by atoms with Crippen molar-refractivity contribution in [1.29, 1.82) is 0 Å². The number of hydrogen-bond donors (Lipinski definition) is 0. The fraction of sp³-hybridized carbons (Fsp3) is 0.333. The van der Waals surface area contributed by atoms with Gasteiger partial charge in [0.05, 0.1) is 0 Å². The Morgan fingerprint density at radius 2 is 1.37 bits per heavy atom. The van der Waals surface area contributed by atoms with Crippen LogP contribution in [0.2, 0.25) is 0 Å². The molecule has 0 aromatic heterocycles. The van der Waals surface area contributed by atoms with Crippen molar-refractivity contribution in [2.24, 2.45) is 0 Å². The third-order valence-corrected chi connectivity index (χ3v) is 4.03. The Labute approximate surface area is 126 Å². The molecule has 0 amide bonds. The Balaban J connectivity index is 2.22. The summed E-state index contributed by atoms with van der Waals surface area (Å²) < 4.78 is 0.579. The van der Waals surface area contributed by atoms with Gasteiger partial charge in [-0.1, -0.05) is 0 Å². The van der Waals surface area contributed by atoms with Crippen molar-refractivity contribution in [3.8, 4) is 0 Å².